The number of nitrogens with one attached hydrogen (secondary N) is 2. The van der Waals surface area contributed by atoms with Gasteiger partial charge in [-0.05, 0) is 62.5 Å². The molecule has 0 aromatic heterocycles. The highest BCUT2D eigenvalue weighted by atomic mass is 16.5. The van der Waals surface area contributed by atoms with Crippen molar-refractivity contribution in [2.75, 3.05) is 33.9 Å². The van der Waals surface area contributed by atoms with Crippen molar-refractivity contribution in [1.29, 1.82) is 0 Å². The van der Waals surface area contributed by atoms with Gasteiger partial charge in [0.15, 0.2) is 11.5 Å². The predicted molar refractivity (Wildman–Crippen MR) is 119 cm³/mol. The Kier molecular flexibility index (Phi) is 7.97. The summed E-state index contributed by atoms with van der Waals surface area (Å²) in [7, 11) is 3.24. The normalized spacial score (nSPS) is 16.0. The second-order valence-electron chi connectivity index (χ2n) is 7.73. The van der Waals surface area contributed by atoms with E-state index in [1.807, 2.05) is 24.3 Å². The fourth-order valence-electron chi connectivity index (χ4n) is 4.18. The van der Waals surface area contributed by atoms with Crippen molar-refractivity contribution in [2.24, 2.45) is 0 Å². The molecule has 0 aliphatic carbocycles. The van der Waals surface area contributed by atoms with Gasteiger partial charge in [0.2, 0.25) is 0 Å². The maximum Gasteiger partial charge on any atom is 0.315 e. The quantitative estimate of drug-likeness (QED) is 0.659. The maximum atomic E-state index is 12.5. The number of nitrogens with zero attached hydrogens (tertiary/aromatic N) is 1. The third-order valence-electron chi connectivity index (χ3n) is 5.65. The Labute approximate surface area is 179 Å². The lowest BCUT2D eigenvalue weighted by Gasteiger charge is -2.33. The number of carbonyl (C=O) groups excluding carboxylic acids is 1. The van der Waals surface area contributed by atoms with Crippen LogP contribution >= 0.6 is 0 Å². The lowest BCUT2D eigenvalue weighted by atomic mass is 9.99. The Morgan fingerprint density at radius 3 is 2.40 bits per heavy atom. The molecule has 1 aliphatic heterocycles. The molecule has 2 aromatic rings. The number of likely N-dealkylation sites (tertiary alicyclic amines) is 1. The van der Waals surface area contributed by atoms with Gasteiger partial charge >= 0.3 is 6.03 Å². The molecule has 1 saturated heterocycles. The summed E-state index contributed by atoms with van der Waals surface area (Å²) in [5, 5.41) is 6.13. The second kappa shape index (κ2) is 10.9. The molecule has 0 unspecified atom stereocenters. The van der Waals surface area contributed by atoms with Crippen LogP contribution < -0.4 is 20.1 Å². The zero-order valence-electron chi connectivity index (χ0n) is 18.2. The Bertz CT molecular complexity index is 807. The fourth-order valence-corrected chi connectivity index (χ4v) is 4.18. The summed E-state index contributed by atoms with van der Waals surface area (Å²) in [5.41, 5.74) is 2.33. The number of ether oxygens (including phenoxy) is 2. The molecule has 162 valence electrons. The molecule has 6 nitrogen and oxygen atoms in total. The number of carbonyl (C=O) groups is 1. The average molecular weight is 412 g/mol. The summed E-state index contributed by atoms with van der Waals surface area (Å²) < 4.78 is 10.6. The molecule has 30 heavy (non-hydrogen) atoms. The molecule has 0 bridgehead atoms. The first-order chi connectivity index (χ1) is 14.6. The van der Waals surface area contributed by atoms with Crippen molar-refractivity contribution in [2.45, 2.75) is 38.3 Å². The van der Waals surface area contributed by atoms with Crippen LogP contribution in [0.1, 0.15) is 36.9 Å². The molecule has 1 fully saturated rings. The molecule has 1 heterocycles. The molecule has 0 spiro atoms. The molecule has 2 atom stereocenters. The molecular weight excluding hydrogens is 378 g/mol. The summed E-state index contributed by atoms with van der Waals surface area (Å²) in [6.45, 7) is 4.79. The summed E-state index contributed by atoms with van der Waals surface area (Å²) >= 11 is 0. The van der Waals surface area contributed by atoms with Crippen LogP contribution in [0.15, 0.2) is 48.5 Å². The summed E-state index contributed by atoms with van der Waals surface area (Å²) in [4.78, 5) is 15.0. The maximum absolute atomic E-state index is 12.5. The zero-order valence-corrected chi connectivity index (χ0v) is 18.2. The van der Waals surface area contributed by atoms with E-state index >= 15 is 0 Å². The van der Waals surface area contributed by atoms with Crippen LogP contribution in [0.5, 0.6) is 11.5 Å². The molecular formula is C24H33N3O3. The third-order valence-corrected chi connectivity index (χ3v) is 5.65. The van der Waals surface area contributed by atoms with Crippen molar-refractivity contribution < 1.29 is 14.3 Å². The number of amides is 2. The van der Waals surface area contributed by atoms with Gasteiger partial charge in [0.1, 0.15) is 0 Å². The highest BCUT2D eigenvalue weighted by Gasteiger charge is 2.29. The second-order valence-corrected chi connectivity index (χ2v) is 7.73. The summed E-state index contributed by atoms with van der Waals surface area (Å²) in [6.07, 6.45) is 3.15. The van der Waals surface area contributed by atoms with Gasteiger partial charge in [-0.1, -0.05) is 36.4 Å². The molecule has 2 amide bonds. The first-order valence-corrected chi connectivity index (χ1v) is 10.7. The van der Waals surface area contributed by atoms with Gasteiger partial charge in [-0.15, -0.1) is 0 Å². The van der Waals surface area contributed by atoms with Crippen LogP contribution in [0.2, 0.25) is 0 Å². The minimum absolute atomic E-state index is 0.00609. The monoisotopic (exact) mass is 411 g/mol. The number of hydrogen-bond donors (Lipinski definition) is 2. The first kappa shape index (κ1) is 22.0. The first-order valence-electron chi connectivity index (χ1n) is 10.7. The SMILES string of the molecule is COc1ccc(CCNC(=O)N[C@@H](C)[C@H](c2ccccc2)N2CCCC2)cc1OC. The van der Waals surface area contributed by atoms with E-state index in [4.69, 9.17) is 9.47 Å². The Hall–Kier alpha value is -2.73. The predicted octanol–water partition coefficient (Wildman–Crippen LogP) is 3.77. The van der Waals surface area contributed by atoms with Crippen LogP contribution in [-0.2, 0) is 6.42 Å². The van der Waals surface area contributed by atoms with Crippen molar-refractivity contribution in [3.8, 4) is 11.5 Å². The molecule has 3 rings (SSSR count). The van der Waals surface area contributed by atoms with Gasteiger partial charge in [0.05, 0.1) is 20.3 Å². The van der Waals surface area contributed by atoms with Gasteiger partial charge in [0, 0.05) is 12.6 Å². The highest BCUT2D eigenvalue weighted by Crippen LogP contribution is 2.29. The van der Waals surface area contributed by atoms with Gasteiger partial charge in [-0.3, -0.25) is 4.90 Å². The summed E-state index contributed by atoms with van der Waals surface area (Å²) in [5.74, 6) is 1.40. The van der Waals surface area contributed by atoms with Crippen molar-refractivity contribution in [3.63, 3.8) is 0 Å². The van der Waals surface area contributed by atoms with Gasteiger partial charge in [-0.25, -0.2) is 4.79 Å². The van der Waals surface area contributed by atoms with Crippen molar-refractivity contribution in [1.82, 2.24) is 15.5 Å². The van der Waals surface area contributed by atoms with Crippen LogP contribution in [-0.4, -0.2) is 50.8 Å². The fraction of sp³-hybridized carbons (Fsp3) is 0.458. The molecule has 2 N–H and O–H groups in total. The Morgan fingerprint density at radius 1 is 1.03 bits per heavy atom. The van der Waals surface area contributed by atoms with Gasteiger partial charge < -0.3 is 20.1 Å². The summed E-state index contributed by atoms with van der Waals surface area (Å²) in [6, 6.07) is 16.3. The largest absolute Gasteiger partial charge is 0.493 e. The van der Waals surface area contributed by atoms with E-state index < -0.39 is 0 Å². The van der Waals surface area contributed by atoms with Crippen LogP contribution in [0, 0.1) is 0 Å². The Balaban J connectivity index is 1.54. The topological polar surface area (TPSA) is 62.8 Å². The number of urea groups is 1. The minimum atomic E-state index is -0.136. The number of rotatable bonds is 9. The molecule has 2 aromatic carbocycles. The van der Waals surface area contributed by atoms with E-state index in [2.05, 4.69) is 46.7 Å². The van der Waals surface area contributed by atoms with Crippen LogP contribution in [0.3, 0.4) is 0 Å². The van der Waals surface area contributed by atoms with E-state index in [-0.39, 0.29) is 18.1 Å². The molecule has 0 saturated carbocycles. The van der Waals surface area contributed by atoms with E-state index in [0.29, 0.717) is 18.0 Å². The van der Waals surface area contributed by atoms with E-state index in [9.17, 15) is 4.79 Å². The minimum Gasteiger partial charge on any atom is -0.493 e. The average Bonchev–Trinajstić information content (AvgIpc) is 3.28. The lowest BCUT2D eigenvalue weighted by Crippen LogP contribution is -2.47. The smallest absolute Gasteiger partial charge is 0.315 e. The van der Waals surface area contributed by atoms with Crippen molar-refractivity contribution in [3.05, 3.63) is 59.7 Å². The van der Waals surface area contributed by atoms with E-state index in [0.717, 1.165) is 25.1 Å². The van der Waals surface area contributed by atoms with Crippen LogP contribution in [0.4, 0.5) is 4.79 Å². The molecule has 1 aliphatic rings. The molecule has 6 heteroatoms. The molecule has 0 radical (unpaired) electrons. The standard InChI is InChI=1S/C24H33N3O3/c1-18(23(27-15-7-8-16-27)20-9-5-4-6-10-20)26-24(28)25-14-13-19-11-12-21(29-2)22(17-19)30-3/h4-6,9-12,17-18,23H,7-8,13-16H2,1-3H3,(H2,25,26,28)/t18-,23+/m0/s1. The lowest BCUT2D eigenvalue weighted by molar-refractivity contribution is 0.193. The number of hydrogen-bond acceptors (Lipinski definition) is 4. The van der Waals surface area contributed by atoms with E-state index in [1.54, 1.807) is 14.2 Å². The third kappa shape index (κ3) is 5.66. The number of benzene rings is 2. The highest BCUT2D eigenvalue weighted by molar-refractivity contribution is 5.74. The Morgan fingerprint density at radius 2 is 1.73 bits per heavy atom. The number of methoxy groups -OCH3 is 2. The van der Waals surface area contributed by atoms with Crippen molar-refractivity contribution >= 4 is 6.03 Å². The zero-order chi connectivity index (χ0) is 21.3. The van der Waals surface area contributed by atoms with E-state index in [1.165, 1.54) is 18.4 Å². The van der Waals surface area contributed by atoms with Gasteiger partial charge in [-0.2, -0.15) is 0 Å². The van der Waals surface area contributed by atoms with Gasteiger partial charge in [0.25, 0.3) is 0 Å². The van der Waals surface area contributed by atoms with Crippen LogP contribution in [0.25, 0.3) is 0 Å².